The molecule has 1 aromatic rings. The van der Waals surface area contributed by atoms with Crippen LogP contribution in [0.1, 0.15) is 31.4 Å². The molecular formula is C15H20O4. The minimum absolute atomic E-state index is 0.123. The van der Waals surface area contributed by atoms with Gasteiger partial charge in [0.1, 0.15) is 5.75 Å². The molecule has 1 rings (SSSR count). The molecule has 104 valence electrons. The molecule has 4 N–H and O–H groups in total. The molecule has 19 heavy (non-hydrogen) atoms. The van der Waals surface area contributed by atoms with Gasteiger partial charge in [0.15, 0.2) is 0 Å². The summed E-state index contributed by atoms with van der Waals surface area (Å²) in [7, 11) is 0. The van der Waals surface area contributed by atoms with Crippen molar-refractivity contribution in [2.24, 2.45) is 0 Å². The number of aromatic hydroxyl groups is 1. The maximum Gasteiger partial charge on any atom is 0.115 e. The van der Waals surface area contributed by atoms with Crippen LogP contribution in [0.5, 0.6) is 5.75 Å². The normalized spacial score (nSPS) is 13.5. The maximum atomic E-state index is 9.90. The third kappa shape index (κ3) is 5.73. The number of rotatable bonds is 6. The van der Waals surface area contributed by atoms with Crippen LogP contribution >= 0.6 is 0 Å². The smallest absolute Gasteiger partial charge is 0.115 e. The summed E-state index contributed by atoms with van der Waals surface area (Å²) in [5, 5.41) is 37.2. The lowest BCUT2D eigenvalue weighted by Gasteiger charge is -2.08. The van der Waals surface area contributed by atoms with Crippen LogP contribution in [0.4, 0.5) is 0 Å². The zero-order chi connectivity index (χ0) is 14.3. The lowest BCUT2D eigenvalue weighted by Crippen LogP contribution is -2.11. The van der Waals surface area contributed by atoms with Crippen LogP contribution in [0.15, 0.2) is 41.6 Å². The summed E-state index contributed by atoms with van der Waals surface area (Å²) in [5.74, 6) is 0.123. The fourth-order valence-electron chi connectivity index (χ4n) is 1.69. The van der Waals surface area contributed by atoms with E-state index in [0.717, 1.165) is 5.57 Å². The first-order chi connectivity index (χ1) is 9.02. The van der Waals surface area contributed by atoms with E-state index in [2.05, 4.69) is 5.73 Å². The van der Waals surface area contributed by atoms with Gasteiger partial charge >= 0.3 is 0 Å². The fourth-order valence-corrected chi connectivity index (χ4v) is 1.69. The fraction of sp³-hybridized carbons (Fsp3) is 0.400. The number of phenols is 1. The van der Waals surface area contributed by atoms with E-state index in [1.54, 1.807) is 31.2 Å². The quantitative estimate of drug-likeness (QED) is 0.589. The van der Waals surface area contributed by atoms with Gasteiger partial charge in [-0.3, -0.25) is 0 Å². The average Bonchev–Trinajstić information content (AvgIpc) is 2.38. The van der Waals surface area contributed by atoms with Crippen molar-refractivity contribution >= 4 is 0 Å². The third-order valence-corrected chi connectivity index (χ3v) is 2.70. The highest BCUT2D eigenvalue weighted by Gasteiger charge is 2.06. The van der Waals surface area contributed by atoms with E-state index >= 15 is 0 Å². The van der Waals surface area contributed by atoms with Gasteiger partial charge in [0.05, 0.1) is 18.8 Å². The van der Waals surface area contributed by atoms with Gasteiger partial charge in [0.2, 0.25) is 0 Å². The van der Waals surface area contributed by atoms with Crippen molar-refractivity contribution in [3.8, 4) is 5.75 Å². The van der Waals surface area contributed by atoms with E-state index in [9.17, 15) is 15.3 Å². The Hall–Kier alpha value is -1.58. The van der Waals surface area contributed by atoms with Gasteiger partial charge in [0, 0.05) is 12.8 Å². The van der Waals surface area contributed by atoms with Crippen LogP contribution in [0.3, 0.4) is 0 Å². The SMILES string of the molecule is CC(=C=CC[C@@H](O)c1cccc(O)c1)C[C@@H](O)CO. The molecule has 0 fully saturated rings. The van der Waals surface area contributed by atoms with Gasteiger partial charge in [-0.05, 0) is 36.3 Å². The summed E-state index contributed by atoms with van der Waals surface area (Å²) in [6.45, 7) is 1.53. The second-order valence-corrected chi connectivity index (χ2v) is 4.52. The van der Waals surface area contributed by atoms with Crippen LogP contribution < -0.4 is 0 Å². The molecule has 0 amide bonds. The van der Waals surface area contributed by atoms with Crippen molar-refractivity contribution in [3.05, 3.63) is 47.2 Å². The molecule has 4 nitrogen and oxygen atoms in total. The summed E-state index contributed by atoms with van der Waals surface area (Å²) < 4.78 is 0. The van der Waals surface area contributed by atoms with Crippen molar-refractivity contribution in [3.63, 3.8) is 0 Å². The lowest BCUT2D eigenvalue weighted by atomic mass is 10.1. The average molecular weight is 264 g/mol. The molecule has 0 spiro atoms. The molecular weight excluding hydrogens is 244 g/mol. The molecule has 1 aromatic carbocycles. The Bertz CT molecular complexity index is 461. The number of phenolic OH excluding ortho intramolecular Hbond substituents is 1. The molecule has 0 saturated heterocycles. The lowest BCUT2D eigenvalue weighted by molar-refractivity contribution is 0.0955. The molecule has 0 saturated carbocycles. The summed E-state index contributed by atoms with van der Waals surface area (Å²) in [4.78, 5) is 0. The monoisotopic (exact) mass is 264 g/mol. The largest absolute Gasteiger partial charge is 0.508 e. The number of hydrogen-bond donors (Lipinski definition) is 4. The summed E-state index contributed by atoms with van der Waals surface area (Å²) in [6.07, 6.45) is 0.950. The number of aliphatic hydroxyl groups is 3. The molecule has 0 heterocycles. The molecule has 0 aliphatic heterocycles. The minimum Gasteiger partial charge on any atom is -0.508 e. The maximum absolute atomic E-state index is 9.90. The van der Waals surface area contributed by atoms with Gasteiger partial charge in [-0.2, -0.15) is 0 Å². The van der Waals surface area contributed by atoms with Crippen LogP contribution in [-0.4, -0.2) is 33.1 Å². The first kappa shape index (κ1) is 15.5. The topological polar surface area (TPSA) is 80.9 Å². The first-order valence-electron chi connectivity index (χ1n) is 6.19. The van der Waals surface area contributed by atoms with E-state index in [4.69, 9.17) is 5.11 Å². The van der Waals surface area contributed by atoms with Gasteiger partial charge in [0.25, 0.3) is 0 Å². The Labute approximate surface area is 113 Å². The molecule has 4 heteroatoms. The van der Waals surface area contributed by atoms with Gasteiger partial charge in [-0.15, -0.1) is 5.73 Å². The van der Waals surface area contributed by atoms with Crippen LogP contribution in [0.2, 0.25) is 0 Å². The van der Waals surface area contributed by atoms with Crippen molar-refractivity contribution < 1.29 is 20.4 Å². The highest BCUT2D eigenvalue weighted by atomic mass is 16.3. The second-order valence-electron chi connectivity index (χ2n) is 4.52. The van der Waals surface area contributed by atoms with Crippen molar-refractivity contribution in [2.75, 3.05) is 6.61 Å². The predicted molar refractivity (Wildman–Crippen MR) is 72.7 cm³/mol. The standard InChI is InChI=1S/C15H20O4/c1-11(8-14(18)10-16)4-2-7-15(19)12-5-3-6-13(17)9-12/h2-3,5-6,9,14-19H,7-8,10H2,1H3/t4?,14-,15-/m1/s1. The third-order valence-electron chi connectivity index (χ3n) is 2.70. The first-order valence-corrected chi connectivity index (χ1v) is 6.19. The highest BCUT2D eigenvalue weighted by Crippen LogP contribution is 2.20. The molecule has 2 atom stereocenters. The molecule has 0 unspecified atom stereocenters. The Balaban J connectivity index is 2.58. The molecule has 0 aromatic heterocycles. The number of benzene rings is 1. The second kappa shape index (κ2) is 7.77. The Morgan fingerprint density at radius 1 is 1.37 bits per heavy atom. The van der Waals surface area contributed by atoms with Crippen LogP contribution in [0.25, 0.3) is 0 Å². The minimum atomic E-state index is -0.767. The Morgan fingerprint density at radius 3 is 2.74 bits per heavy atom. The summed E-state index contributed by atoms with van der Waals surface area (Å²) in [5.41, 5.74) is 4.42. The van der Waals surface area contributed by atoms with Crippen molar-refractivity contribution in [1.82, 2.24) is 0 Å². The Kier molecular flexibility index (Phi) is 6.33. The van der Waals surface area contributed by atoms with Gasteiger partial charge < -0.3 is 20.4 Å². The number of aliphatic hydroxyl groups excluding tert-OH is 3. The van der Waals surface area contributed by atoms with E-state index in [1.807, 2.05) is 0 Å². The summed E-state index contributed by atoms with van der Waals surface area (Å²) >= 11 is 0. The Morgan fingerprint density at radius 2 is 2.11 bits per heavy atom. The van der Waals surface area contributed by atoms with Gasteiger partial charge in [-0.1, -0.05) is 12.1 Å². The van der Waals surface area contributed by atoms with Gasteiger partial charge in [-0.25, -0.2) is 0 Å². The van der Waals surface area contributed by atoms with E-state index < -0.39 is 12.2 Å². The van der Waals surface area contributed by atoms with Crippen molar-refractivity contribution in [2.45, 2.75) is 32.0 Å². The van der Waals surface area contributed by atoms with E-state index in [-0.39, 0.29) is 12.4 Å². The number of hydrogen-bond acceptors (Lipinski definition) is 4. The highest BCUT2D eigenvalue weighted by molar-refractivity contribution is 5.28. The molecule has 0 aliphatic carbocycles. The zero-order valence-corrected chi connectivity index (χ0v) is 11.0. The summed E-state index contributed by atoms with van der Waals surface area (Å²) in [6, 6.07) is 6.48. The molecule has 0 aliphatic rings. The molecule has 0 bridgehead atoms. The predicted octanol–water partition coefficient (Wildman–Crippen LogP) is 1.66. The van der Waals surface area contributed by atoms with Crippen LogP contribution in [-0.2, 0) is 0 Å². The molecule has 0 radical (unpaired) electrons. The van der Waals surface area contributed by atoms with E-state index in [0.29, 0.717) is 18.4 Å². The van der Waals surface area contributed by atoms with E-state index in [1.165, 1.54) is 6.07 Å². The van der Waals surface area contributed by atoms with Crippen molar-refractivity contribution in [1.29, 1.82) is 0 Å². The zero-order valence-electron chi connectivity index (χ0n) is 11.0. The van der Waals surface area contributed by atoms with Crippen LogP contribution in [0, 0.1) is 0 Å².